The average molecular weight is 263 g/mol. The van der Waals surface area contributed by atoms with Crippen LogP contribution in [0.2, 0.25) is 0 Å². The first-order valence-electron chi connectivity index (χ1n) is 3.34. The second-order valence-corrected chi connectivity index (χ2v) is 3.48. The minimum absolute atomic E-state index is 0.593. The molecule has 0 aromatic carbocycles. The van der Waals surface area contributed by atoms with Crippen molar-refractivity contribution in [3.05, 3.63) is 21.4 Å². The van der Waals surface area contributed by atoms with Crippen molar-refractivity contribution in [3.63, 3.8) is 0 Å². The quantitative estimate of drug-likeness (QED) is 0.774. The molecule has 1 aromatic rings. The fourth-order valence-corrected chi connectivity index (χ4v) is 1.36. The molecule has 1 rings (SSSR count). The highest BCUT2D eigenvalue weighted by Crippen LogP contribution is 2.12. The Hall–Kier alpha value is -0.360. The van der Waals surface area contributed by atoms with Gasteiger partial charge in [0.05, 0.1) is 0 Å². The summed E-state index contributed by atoms with van der Waals surface area (Å²) in [6.45, 7) is 0.617. The van der Waals surface area contributed by atoms with Crippen LogP contribution in [0.4, 0.5) is 5.82 Å². The summed E-state index contributed by atoms with van der Waals surface area (Å²) in [4.78, 5) is 4.01. The SMILES string of the molecule is NCCc1cc(I)cnc1N. The second kappa shape index (κ2) is 3.87. The van der Waals surface area contributed by atoms with Gasteiger partial charge in [0, 0.05) is 9.77 Å². The van der Waals surface area contributed by atoms with Gasteiger partial charge in [0.15, 0.2) is 0 Å². The van der Waals surface area contributed by atoms with Crippen molar-refractivity contribution in [3.8, 4) is 0 Å². The number of aromatic nitrogens is 1. The molecular formula is C7H10IN3. The maximum Gasteiger partial charge on any atom is 0.126 e. The van der Waals surface area contributed by atoms with Crippen LogP contribution in [0.15, 0.2) is 12.3 Å². The molecule has 0 atom stereocenters. The number of nitrogens with zero attached hydrogens (tertiary/aromatic N) is 1. The van der Waals surface area contributed by atoms with Crippen molar-refractivity contribution < 1.29 is 0 Å². The Morgan fingerprint density at radius 1 is 1.55 bits per heavy atom. The molecule has 4 heteroatoms. The van der Waals surface area contributed by atoms with Crippen LogP contribution >= 0.6 is 22.6 Å². The van der Waals surface area contributed by atoms with Crippen LogP contribution in [0.1, 0.15) is 5.56 Å². The molecule has 1 aromatic heterocycles. The molecule has 0 bridgehead atoms. The zero-order valence-electron chi connectivity index (χ0n) is 6.05. The number of nitrogens with two attached hydrogens (primary N) is 2. The van der Waals surface area contributed by atoms with Gasteiger partial charge in [-0.3, -0.25) is 0 Å². The van der Waals surface area contributed by atoms with E-state index >= 15 is 0 Å². The highest BCUT2D eigenvalue weighted by molar-refractivity contribution is 14.1. The predicted octanol–water partition coefficient (Wildman–Crippen LogP) is 0.770. The van der Waals surface area contributed by atoms with E-state index in [4.69, 9.17) is 11.5 Å². The molecule has 0 aliphatic carbocycles. The standard InChI is InChI=1S/C7H10IN3/c8-6-3-5(1-2-9)7(10)11-4-6/h3-4H,1-2,9H2,(H2,10,11). The second-order valence-electron chi connectivity index (χ2n) is 2.24. The van der Waals surface area contributed by atoms with Gasteiger partial charge in [0.25, 0.3) is 0 Å². The maximum absolute atomic E-state index is 5.61. The molecule has 3 nitrogen and oxygen atoms in total. The predicted molar refractivity (Wildman–Crippen MR) is 54.1 cm³/mol. The lowest BCUT2D eigenvalue weighted by Gasteiger charge is -2.02. The van der Waals surface area contributed by atoms with E-state index in [1.807, 2.05) is 6.07 Å². The van der Waals surface area contributed by atoms with Gasteiger partial charge in [-0.25, -0.2) is 4.98 Å². The summed E-state index contributed by atoms with van der Waals surface area (Å²) in [7, 11) is 0. The minimum atomic E-state index is 0.593. The van der Waals surface area contributed by atoms with Crippen molar-refractivity contribution in [2.24, 2.45) is 5.73 Å². The van der Waals surface area contributed by atoms with E-state index < -0.39 is 0 Å². The van der Waals surface area contributed by atoms with Crippen molar-refractivity contribution in [2.75, 3.05) is 12.3 Å². The third-order valence-electron chi connectivity index (χ3n) is 1.38. The summed E-state index contributed by atoms with van der Waals surface area (Å²) in [5.41, 5.74) is 12.0. The van der Waals surface area contributed by atoms with Crippen molar-refractivity contribution in [2.45, 2.75) is 6.42 Å². The van der Waals surface area contributed by atoms with Crippen LogP contribution in [-0.4, -0.2) is 11.5 Å². The van der Waals surface area contributed by atoms with Crippen LogP contribution in [0.25, 0.3) is 0 Å². The van der Waals surface area contributed by atoms with Crippen molar-refractivity contribution in [1.29, 1.82) is 0 Å². The summed E-state index contributed by atoms with van der Waals surface area (Å²) in [6, 6.07) is 2.01. The summed E-state index contributed by atoms with van der Waals surface area (Å²) >= 11 is 2.20. The van der Waals surface area contributed by atoms with Gasteiger partial charge in [-0.1, -0.05) is 0 Å². The van der Waals surface area contributed by atoms with E-state index in [1.165, 1.54) is 0 Å². The number of anilines is 1. The maximum atomic E-state index is 5.61. The topological polar surface area (TPSA) is 64.9 Å². The molecule has 11 heavy (non-hydrogen) atoms. The Balaban J connectivity index is 2.93. The van der Waals surface area contributed by atoms with E-state index in [2.05, 4.69) is 27.6 Å². The summed E-state index contributed by atoms with van der Waals surface area (Å²) in [5, 5.41) is 0. The molecule has 0 saturated heterocycles. The number of hydrogen-bond donors (Lipinski definition) is 2. The van der Waals surface area contributed by atoms with Gasteiger partial charge < -0.3 is 11.5 Å². The molecule has 0 aliphatic heterocycles. The molecule has 0 spiro atoms. The van der Waals surface area contributed by atoms with Crippen LogP contribution in [0.3, 0.4) is 0 Å². The Morgan fingerprint density at radius 3 is 2.91 bits per heavy atom. The number of nitrogen functional groups attached to an aromatic ring is 1. The first-order chi connectivity index (χ1) is 5.24. The minimum Gasteiger partial charge on any atom is -0.383 e. The third-order valence-corrected chi connectivity index (χ3v) is 1.97. The zero-order valence-corrected chi connectivity index (χ0v) is 8.21. The summed E-state index contributed by atoms with van der Waals surface area (Å²) in [6.07, 6.45) is 2.55. The lowest BCUT2D eigenvalue weighted by atomic mass is 10.2. The van der Waals surface area contributed by atoms with E-state index in [1.54, 1.807) is 6.20 Å². The number of halogens is 1. The molecule has 1 heterocycles. The van der Waals surface area contributed by atoms with Crippen molar-refractivity contribution in [1.82, 2.24) is 4.98 Å². The van der Waals surface area contributed by atoms with Gasteiger partial charge in [-0.15, -0.1) is 0 Å². The van der Waals surface area contributed by atoms with Crippen LogP contribution in [0, 0.1) is 3.57 Å². The van der Waals surface area contributed by atoms with Crippen molar-refractivity contribution >= 4 is 28.4 Å². The normalized spacial score (nSPS) is 10.0. The fraction of sp³-hybridized carbons (Fsp3) is 0.286. The molecule has 4 N–H and O–H groups in total. The van der Waals surface area contributed by atoms with Gasteiger partial charge >= 0.3 is 0 Å². The van der Waals surface area contributed by atoms with Gasteiger partial charge in [-0.2, -0.15) is 0 Å². The van der Waals surface area contributed by atoms with Gasteiger partial charge in [-0.05, 0) is 47.2 Å². The number of hydrogen-bond acceptors (Lipinski definition) is 3. The Kier molecular flexibility index (Phi) is 3.07. The zero-order chi connectivity index (χ0) is 8.27. The third kappa shape index (κ3) is 2.30. The fourth-order valence-electron chi connectivity index (χ4n) is 0.848. The Bertz CT molecular complexity index is 249. The van der Waals surface area contributed by atoms with Gasteiger partial charge in [0.1, 0.15) is 5.82 Å². The molecule has 0 unspecified atom stereocenters. The van der Waals surface area contributed by atoms with E-state index in [9.17, 15) is 0 Å². The highest BCUT2D eigenvalue weighted by Gasteiger charge is 1.98. The van der Waals surface area contributed by atoms with Crippen LogP contribution in [-0.2, 0) is 6.42 Å². The average Bonchev–Trinajstić information content (AvgIpc) is 1.98. The molecule has 0 radical (unpaired) electrons. The first kappa shape index (κ1) is 8.73. The highest BCUT2D eigenvalue weighted by atomic mass is 127. The van der Waals surface area contributed by atoms with E-state index in [0.29, 0.717) is 12.4 Å². The Labute approximate surface area is 79.3 Å². The molecule has 0 aliphatic rings. The molecule has 0 fully saturated rings. The molecule has 0 amide bonds. The van der Waals surface area contributed by atoms with E-state index in [0.717, 1.165) is 15.6 Å². The summed E-state index contributed by atoms with van der Waals surface area (Å²) < 4.78 is 1.10. The van der Waals surface area contributed by atoms with Gasteiger partial charge in [0.2, 0.25) is 0 Å². The van der Waals surface area contributed by atoms with Crippen LogP contribution < -0.4 is 11.5 Å². The monoisotopic (exact) mass is 263 g/mol. The number of pyridine rings is 1. The smallest absolute Gasteiger partial charge is 0.126 e. The molecule has 60 valence electrons. The first-order valence-corrected chi connectivity index (χ1v) is 4.42. The summed E-state index contributed by atoms with van der Waals surface area (Å²) in [5.74, 6) is 0.593. The molecule has 0 saturated carbocycles. The van der Waals surface area contributed by atoms with E-state index in [-0.39, 0.29) is 0 Å². The Morgan fingerprint density at radius 2 is 2.27 bits per heavy atom. The number of rotatable bonds is 2. The lowest BCUT2D eigenvalue weighted by Crippen LogP contribution is -2.06. The van der Waals surface area contributed by atoms with Crippen LogP contribution in [0.5, 0.6) is 0 Å². The largest absolute Gasteiger partial charge is 0.383 e. The molecular weight excluding hydrogens is 253 g/mol. The lowest BCUT2D eigenvalue weighted by molar-refractivity contribution is 0.961.